The molecule has 0 aliphatic carbocycles. The average molecular weight is 465 g/mol. The van der Waals surface area contributed by atoms with Crippen molar-refractivity contribution in [3.05, 3.63) is 75.9 Å². The molecule has 0 radical (unpaired) electrons. The number of nitrogens with one attached hydrogen (secondary N) is 2. The van der Waals surface area contributed by atoms with Crippen molar-refractivity contribution in [2.24, 2.45) is 0 Å². The summed E-state index contributed by atoms with van der Waals surface area (Å²) < 4.78 is 6.85. The van der Waals surface area contributed by atoms with Crippen LogP contribution >= 0.6 is 23.6 Å². The van der Waals surface area contributed by atoms with Gasteiger partial charge in [0.2, 0.25) is 0 Å². The van der Waals surface area contributed by atoms with E-state index in [4.69, 9.17) is 22.1 Å². The number of hydrogen-bond donors (Lipinski definition) is 2. The van der Waals surface area contributed by atoms with Crippen LogP contribution in [0, 0.1) is 20.8 Å². The molecule has 8 heteroatoms. The smallest absolute Gasteiger partial charge is 0.340 e. The van der Waals surface area contributed by atoms with Crippen molar-refractivity contribution < 1.29 is 9.53 Å². The van der Waals surface area contributed by atoms with Gasteiger partial charge in [-0.1, -0.05) is 42.5 Å². The molecule has 4 rings (SSSR count). The first-order chi connectivity index (χ1) is 15.4. The van der Waals surface area contributed by atoms with Gasteiger partial charge in [0.1, 0.15) is 5.00 Å². The number of rotatable bonds is 5. The molecular formula is C24H24N4O2S2. The Bertz CT molecular complexity index is 1320. The lowest BCUT2D eigenvalue weighted by atomic mass is 10.0. The van der Waals surface area contributed by atoms with E-state index in [0.29, 0.717) is 22.2 Å². The maximum atomic E-state index is 12.0. The van der Waals surface area contributed by atoms with Crippen molar-refractivity contribution in [2.45, 2.75) is 27.3 Å². The van der Waals surface area contributed by atoms with Gasteiger partial charge in [-0.25, -0.2) is 4.79 Å². The zero-order valence-corrected chi connectivity index (χ0v) is 20.0. The lowest BCUT2D eigenvalue weighted by Crippen LogP contribution is -2.20. The molecule has 0 fully saturated rings. The maximum absolute atomic E-state index is 12.0. The van der Waals surface area contributed by atoms with E-state index in [0.717, 1.165) is 22.0 Å². The van der Waals surface area contributed by atoms with Gasteiger partial charge in [0.05, 0.1) is 36.3 Å². The molecule has 2 aromatic carbocycles. The van der Waals surface area contributed by atoms with Crippen LogP contribution in [0.1, 0.15) is 32.2 Å². The highest BCUT2D eigenvalue weighted by Crippen LogP contribution is 2.29. The number of methoxy groups -OCH3 is 1. The minimum absolute atomic E-state index is 0.394. The molecule has 2 heterocycles. The third kappa shape index (κ3) is 4.37. The van der Waals surface area contributed by atoms with Gasteiger partial charge in [-0.3, -0.25) is 4.68 Å². The number of ether oxygens (including phenoxy) is 1. The van der Waals surface area contributed by atoms with E-state index in [2.05, 4.69) is 47.0 Å². The third-order valence-electron chi connectivity index (χ3n) is 5.31. The number of benzene rings is 2. The second kappa shape index (κ2) is 9.10. The average Bonchev–Trinajstić information content (AvgIpc) is 3.27. The summed E-state index contributed by atoms with van der Waals surface area (Å²) in [6.45, 7) is 6.56. The molecule has 0 aliphatic rings. The Kier molecular flexibility index (Phi) is 6.25. The van der Waals surface area contributed by atoms with Gasteiger partial charge >= 0.3 is 5.97 Å². The van der Waals surface area contributed by atoms with Crippen LogP contribution in [0.25, 0.3) is 10.8 Å². The van der Waals surface area contributed by atoms with E-state index >= 15 is 0 Å². The largest absolute Gasteiger partial charge is 0.465 e. The van der Waals surface area contributed by atoms with Gasteiger partial charge in [-0.2, -0.15) is 5.10 Å². The molecule has 0 saturated heterocycles. The number of aromatic nitrogens is 2. The van der Waals surface area contributed by atoms with Crippen molar-refractivity contribution in [3.8, 4) is 0 Å². The number of fused-ring (bicyclic) bond motifs is 1. The van der Waals surface area contributed by atoms with Crippen LogP contribution < -0.4 is 10.6 Å². The highest BCUT2D eigenvalue weighted by atomic mass is 32.1. The summed E-state index contributed by atoms with van der Waals surface area (Å²) in [5.41, 5.74) is 4.37. The number of nitrogens with zero attached hydrogens (tertiary/aromatic N) is 2. The number of anilines is 2. The first kappa shape index (κ1) is 22.0. The number of carbonyl (C=O) groups excluding carboxylic acids is 1. The van der Waals surface area contributed by atoms with Crippen molar-refractivity contribution in [3.63, 3.8) is 0 Å². The normalized spacial score (nSPS) is 10.9. The summed E-state index contributed by atoms with van der Waals surface area (Å²) in [6, 6.07) is 16.5. The first-order valence-corrected chi connectivity index (χ1v) is 11.4. The van der Waals surface area contributed by atoms with Crippen LogP contribution in [-0.2, 0) is 11.3 Å². The van der Waals surface area contributed by atoms with Crippen LogP contribution in [0.4, 0.5) is 10.7 Å². The molecule has 164 valence electrons. The van der Waals surface area contributed by atoms with Gasteiger partial charge in [-0.15, -0.1) is 11.3 Å². The molecule has 32 heavy (non-hydrogen) atoms. The summed E-state index contributed by atoms with van der Waals surface area (Å²) in [5.74, 6) is -0.394. The molecule has 0 spiro atoms. The van der Waals surface area contributed by atoms with Gasteiger partial charge in [0.25, 0.3) is 0 Å². The minimum atomic E-state index is -0.394. The van der Waals surface area contributed by atoms with Crippen LogP contribution in [0.15, 0.2) is 48.5 Å². The van der Waals surface area contributed by atoms with E-state index in [1.807, 2.05) is 31.5 Å². The number of esters is 1. The molecule has 0 bridgehead atoms. The van der Waals surface area contributed by atoms with Crippen molar-refractivity contribution in [1.82, 2.24) is 9.78 Å². The van der Waals surface area contributed by atoms with E-state index in [1.165, 1.54) is 34.8 Å². The van der Waals surface area contributed by atoms with Gasteiger partial charge in [0, 0.05) is 4.88 Å². The Morgan fingerprint density at radius 1 is 1.12 bits per heavy atom. The maximum Gasteiger partial charge on any atom is 0.340 e. The van der Waals surface area contributed by atoms with E-state index in [1.54, 1.807) is 6.07 Å². The summed E-state index contributed by atoms with van der Waals surface area (Å²) in [5, 5.41) is 14.6. The molecule has 0 aliphatic heterocycles. The lowest BCUT2D eigenvalue weighted by Gasteiger charge is -2.12. The van der Waals surface area contributed by atoms with Gasteiger partial charge in [0.15, 0.2) is 5.11 Å². The van der Waals surface area contributed by atoms with Crippen LogP contribution in [0.5, 0.6) is 0 Å². The van der Waals surface area contributed by atoms with Crippen LogP contribution in [0.3, 0.4) is 0 Å². The lowest BCUT2D eigenvalue weighted by molar-refractivity contribution is 0.0602. The first-order valence-electron chi connectivity index (χ1n) is 10.1. The monoisotopic (exact) mass is 464 g/mol. The van der Waals surface area contributed by atoms with Gasteiger partial charge < -0.3 is 15.4 Å². The van der Waals surface area contributed by atoms with E-state index in [-0.39, 0.29) is 0 Å². The number of thiocarbonyl (C=S) groups is 1. The Hall–Kier alpha value is -3.23. The summed E-state index contributed by atoms with van der Waals surface area (Å²) in [7, 11) is 1.37. The number of aryl methyl sites for hydroxylation is 2. The number of hydrogen-bond acceptors (Lipinski definition) is 5. The molecule has 6 nitrogen and oxygen atoms in total. The Morgan fingerprint density at radius 3 is 2.66 bits per heavy atom. The Morgan fingerprint density at radius 2 is 1.88 bits per heavy atom. The predicted octanol–water partition coefficient (Wildman–Crippen LogP) is 5.67. The second-order valence-corrected chi connectivity index (χ2v) is 9.18. The van der Waals surface area contributed by atoms with Gasteiger partial charge in [-0.05, 0) is 55.4 Å². The molecule has 4 aromatic rings. The molecule has 0 atom stereocenters. The predicted molar refractivity (Wildman–Crippen MR) is 135 cm³/mol. The summed E-state index contributed by atoms with van der Waals surface area (Å²) >= 11 is 6.98. The zero-order chi connectivity index (χ0) is 22.8. The van der Waals surface area contributed by atoms with Crippen LogP contribution in [0.2, 0.25) is 0 Å². The third-order valence-corrected chi connectivity index (χ3v) is 6.48. The molecule has 2 aromatic heterocycles. The fourth-order valence-corrected chi connectivity index (χ4v) is 4.91. The van der Waals surface area contributed by atoms with Crippen molar-refractivity contribution >= 4 is 56.1 Å². The molecule has 0 amide bonds. The second-order valence-electron chi connectivity index (χ2n) is 7.51. The van der Waals surface area contributed by atoms with E-state index in [9.17, 15) is 4.79 Å². The standard InChI is InChI=1S/C24H24N4O2S2/c1-14-12-20(23(29)30-4)22(32-14)26-24(31)25-21-15(2)27-28(16(21)3)13-18-10-7-9-17-8-5-6-11-19(17)18/h5-12H,13H2,1-4H3,(H2,25,26,31). The fraction of sp³-hybridized carbons (Fsp3) is 0.208. The SMILES string of the molecule is COC(=O)c1cc(C)sc1NC(=S)Nc1c(C)nn(Cc2cccc3ccccc23)c1C. The van der Waals surface area contributed by atoms with Crippen LogP contribution in [-0.4, -0.2) is 28.0 Å². The van der Waals surface area contributed by atoms with Crippen molar-refractivity contribution in [1.29, 1.82) is 0 Å². The molecule has 2 N–H and O–H groups in total. The minimum Gasteiger partial charge on any atom is -0.465 e. The quantitative estimate of drug-likeness (QED) is 0.293. The Labute approximate surface area is 196 Å². The summed E-state index contributed by atoms with van der Waals surface area (Å²) in [4.78, 5) is 13.0. The fourth-order valence-electron chi connectivity index (χ4n) is 3.74. The summed E-state index contributed by atoms with van der Waals surface area (Å²) in [6.07, 6.45) is 0. The molecule has 0 saturated carbocycles. The number of carbonyl (C=O) groups is 1. The number of thiophene rings is 1. The topological polar surface area (TPSA) is 68.2 Å². The molecular weight excluding hydrogens is 440 g/mol. The zero-order valence-electron chi connectivity index (χ0n) is 18.4. The highest BCUT2D eigenvalue weighted by molar-refractivity contribution is 7.80. The molecule has 0 unspecified atom stereocenters. The van der Waals surface area contributed by atoms with Crippen molar-refractivity contribution in [2.75, 3.05) is 17.7 Å². The van der Waals surface area contributed by atoms with E-state index < -0.39 is 5.97 Å². The Balaban J connectivity index is 1.55. The highest BCUT2D eigenvalue weighted by Gasteiger charge is 2.18.